The van der Waals surface area contributed by atoms with Gasteiger partial charge in [-0.15, -0.1) is 10.2 Å². The van der Waals surface area contributed by atoms with Crippen molar-refractivity contribution in [3.8, 4) is 22.9 Å². The summed E-state index contributed by atoms with van der Waals surface area (Å²) in [7, 11) is 2.94. The minimum absolute atomic E-state index is 0.0107. The zero-order valence-electron chi connectivity index (χ0n) is 27.2. The molecule has 2 amide bonds. The fourth-order valence-corrected chi connectivity index (χ4v) is 5.52. The Hall–Kier alpha value is -7.28. The van der Waals surface area contributed by atoms with E-state index in [4.69, 9.17) is 4.42 Å². The topological polar surface area (TPSA) is 180 Å². The third kappa shape index (κ3) is 6.34. The quantitative estimate of drug-likeness (QED) is 0.136. The summed E-state index contributed by atoms with van der Waals surface area (Å²) in [4.78, 5) is 50.9. The zero-order valence-corrected chi connectivity index (χ0v) is 27.2. The summed E-state index contributed by atoms with van der Waals surface area (Å²) in [5, 5.41) is 22.1. The molecule has 0 saturated heterocycles. The largest absolute Gasteiger partial charge is 0.416 e. The first-order valence-electron chi connectivity index (χ1n) is 15.7. The van der Waals surface area contributed by atoms with Gasteiger partial charge in [0.15, 0.2) is 0 Å². The normalized spacial score (nSPS) is 15.0. The van der Waals surface area contributed by atoms with Crippen molar-refractivity contribution in [1.82, 2.24) is 20.8 Å². The number of hydrogen-bond donors (Lipinski definition) is 4. The Balaban J connectivity index is 1.04. The molecule has 13 heteroatoms. The summed E-state index contributed by atoms with van der Waals surface area (Å²) in [6, 6.07) is 28.6. The van der Waals surface area contributed by atoms with Gasteiger partial charge in [-0.25, -0.2) is 0 Å². The van der Waals surface area contributed by atoms with E-state index in [0.29, 0.717) is 45.4 Å². The Morgan fingerprint density at radius 1 is 0.569 bits per heavy atom. The molecule has 1 aromatic heterocycles. The lowest BCUT2D eigenvalue weighted by molar-refractivity contribution is -0.121. The number of hydrazone groups is 2. The van der Waals surface area contributed by atoms with Gasteiger partial charge >= 0.3 is 0 Å². The number of carbonyl (C=O) groups excluding carboxylic acids is 4. The first-order chi connectivity index (χ1) is 24.8. The van der Waals surface area contributed by atoms with Crippen molar-refractivity contribution in [3.05, 3.63) is 130 Å². The van der Waals surface area contributed by atoms with Crippen molar-refractivity contribution in [1.29, 1.82) is 0 Å². The molecule has 0 fully saturated rings. The first-order valence-corrected chi connectivity index (χ1v) is 15.7. The van der Waals surface area contributed by atoms with Crippen LogP contribution in [0.3, 0.4) is 0 Å². The summed E-state index contributed by atoms with van der Waals surface area (Å²) < 4.78 is 5.95. The van der Waals surface area contributed by atoms with E-state index in [0.717, 1.165) is 11.1 Å². The van der Waals surface area contributed by atoms with Crippen molar-refractivity contribution in [2.24, 2.45) is 10.2 Å². The first kappa shape index (κ1) is 32.3. The molecule has 1 heterocycles. The molecule has 0 saturated carbocycles. The van der Waals surface area contributed by atoms with Crippen molar-refractivity contribution < 1.29 is 23.6 Å². The predicted octanol–water partition coefficient (Wildman–Crippen LogP) is 4.46. The molecule has 4 aromatic carbocycles. The van der Waals surface area contributed by atoms with Gasteiger partial charge < -0.3 is 15.1 Å². The highest BCUT2D eigenvalue weighted by Gasteiger charge is 2.30. The molecule has 0 bridgehead atoms. The number of nitrogens with zero attached hydrogens (tertiary/aromatic N) is 4. The molecule has 2 aliphatic carbocycles. The van der Waals surface area contributed by atoms with E-state index in [1.807, 2.05) is 24.3 Å². The lowest BCUT2D eigenvalue weighted by atomic mass is 9.89. The number of anilines is 2. The molecular formula is C38H28N8O5. The van der Waals surface area contributed by atoms with Crippen LogP contribution in [0.1, 0.15) is 22.3 Å². The van der Waals surface area contributed by atoms with E-state index in [1.54, 1.807) is 84.9 Å². The maximum Gasteiger partial charge on any atom is 0.255 e. The highest BCUT2D eigenvalue weighted by atomic mass is 16.4. The van der Waals surface area contributed by atoms with Gasteiger partial charge in [0.2, 0.25) is 23.3 Å². The van der Waals surface area contributed by atoms with Crippen LogP contribution in [0, 0.1) is 0 Å². The van der Waals surface area contributed by atoms with Crippen molar-refractivity contribution >= 4 is 58.3 Å². The molecule has 0 aliphatic heterocycles. The molecule has 2 aliphatic rings. The average Bonchev–Trinajstić information content (AvgIpc) is 3.67. The van der Waals surface area contributed by atoms with E-state index in [2.05, 4.69) is 41.9 Å². The Kier molecular flexibility index (Phi) is 8.66. The van der Waals surface area contributed by atoms with Gasteiger partial charge in [0.25, 0.3) is 11.8 Å². The minimum Gasteiger partial charge on any atom is -0.416 e. The molecular weight excluding hydrogens is 648 g/mol. The van der Waals surface area contributed by atoms with E-state index < -0.39 is 23.4 Å². The van der Waals surface area contributed by atoms with Gasteiger partial charge in [0.05, 0.1) is 22.5 Å². The van der Waals surface area contributed by atoms with Gasteiger partial charge in [0.1, 0.15) is 11.4 Å². The van der Waals surface area contributed by atoms with Gasteiger partial charge in [0, 0.05) is 36.3 Å². The molecule has 51 heavy (non-hydrogen) atoms. The van der Waals surface area contributed by atoms with Gasteiger partial charge in [-0.1, -0.05) is 48.5 Å². The van der Waals surface area contributed by atoms with Crippen LogP contribution in [0.25, 0.3) is 35.1 Å². The smallest absolute Gasteiger partial charge is 0.255 e. The molecule has 4 N–H and O–H groups in total. The van der Waals surface area contributed by atoms with E-state index >= 15 is 0 Å². The van der Waals surface area contributed by atoms with E-state index in [1.165, 1.54) is 14.1 Å². The van der Waals surface area contributed by atoms with Gasteiger partial charge in [-0.3, -0.25) is 30.0 Å². The molecule has 250 valence electrons. The van der Waals surface area contributed by atoms with Gasteiger partial charge in [-0.05, 0) is 71.8 Å². The Bertz CT molecular complexity index is 2190. The summed E-state index contributed by atoms with van der Waals surface area (Å²) in [5.74, 6) is -1.34. The second kappa shape index (κ2) is 13.7. The Labute approximate surface area is 290 Å². The monoisotopic (exact) mass is 676 g/mol. The van der Waals surface area contributed by atoms with Crippen molar-refractivity contribution in [3.63, 3.8) is 0 Å². The summed E-state index contributed by atoms with van der Waals surface area (Å²) >= 11 is 0. The fraction of sp³-hybridized carbons (Fsp3) is 0.0526. The average molecular weight is 677 g/mol. The number of aromatic nitrogens is 2. The second-order valence-corrected chi connectivity index (χ2v) is 11.3. The van der Waals surface area contributed by atoms with Crippen LogP contribution in [0.15, 0.2) is 123 Å². The number of hydrogen-bond acceptors (Lipinski definition) is 11. The molecule has 5 aromatic rings. The molecule has 0 atom stereocenters. The molecule has 0 unspecified atom stereocenters. The molecule has 0 spiro atoms. The number of amides is 2. The third-order valence-electron chi connectivity index (χ3n) is 8.18. The summed E-state index contributed by atoms with van der Waals surface area (Å²) in [6.07, 6.45) is 3.13. The lowest BCUT2D eigenvalue weighted by Crippen LogP contribution is -2.32. The number of ketones is 2. The van der Waals surface area contributed by atoms with Crippen LogP contribution in [0.5, 0.6) is 0 Å². The Morgan fingerprint density at radius 2 is 0.961 bits per heavy atom. The van der Waals surface area contributed by atoms with Crippen molar-refractivity contribution in [2.75, 3.05) is 24.9 Å². The highest BCUT2D eigenvalue weighted by Crippen LogP contribution is 2.28. The maximum atomic E-state index is 13.1. The highest BCUT2D eigenvalue weighted by molar-refractivity contribution is 6.59. The number of nitrogens with one attached hydrogen (secondary N) is 4. The van der Waals surface area contributed by atoms with Crippen molar-refractivity contribution in [2.45, 2.75) is 0 Å². The van der Waals surface area contributed by atoms with Crippen LogP contribution in [-0.2, 0) is 19.2 Å². The van der Waals surface area contributed by atoms with Crippen LogP contribution < -0.4 is 21.5 Å². The maximum absolute atomic E-state index is 13.1. The minimum atomic E-state index is -0.483. The van der Waals surface area contributed by atoms with Crippen LogP contribution in [0.4, 0.5) is 11.4 Å². The number of carbonyl (C=O) groups is 4. The number of benzene rings is 4. The Morgan fingerprint density at radius 3 is 1.35 bits per heavy atom. The third-order valence-corrected chi connectivity index (χ3v) is 8.18. The predicted molar refractivity (Wildman–Crippen MR) is 192 cm³/mol. The SMILES string of the molecule is CNC(=O)C1=Cc2ccccc2/C(=N/Nc2ccc(-c3nnc(-c4ccc(N/N=C5/C(=O)C(C(=O)NC)=Cc6ccccc65)cc4)o3)cc2)C1=O. The standard InChI is InChI=1S/C38H28N8O5/c1-39-35(49)29-19-23-7-3-5-9-27(23)31(33(29)47)43-41-25-15-11-21(12-16-25)37-45-46-38(51-37)22-13-17-26(18-14-22)42-44-32-28-10-6-4-8-24(28)20-30(34(32)48)36(50)40-2/h3-20,41-42H,1-2H3,(H,39,49)(H,40,50)/b43-31-,44-32+. The molecule has 13 nitrogen and oxygen atoms in total. The van der Waals surface area contributed by atoms with Crippen LogP contribution in [0.2, 0.25) is 0 Å². The number of likely N-dealkylation sites (N-methyl/N-ethyl adjacent to an activating group) is 2. The second-order valence-electron chi connectivity index (χ2n) is 11.3. The lowest BCUT2D eigenvalue weighted by Gasteiger charge is -2.16. The van der Waals surface area contributed by atoms with Crippen LogP contribution in [-0.4, -0.2) is 59.1 Å². The molecule has 0 radical (unpaired) electrons. The van der Waals surface area contributed by atoms with E-state index in [9.17, 15) is 19.2 Å². The van der Waals surface area contributed by atoms with E-state index in [-0.39, 0.29) is 22.6 Å². The molecule has 7 rings (SSSR count). The summed E-state index contributed by atoms with van der Waals surface area (Å²) in [5.41, 5.74) is 11.3. The fourth-order valence-electron chi connectivity index (χ4n) is 5.52. The number of fused-ring (bicyclic) bond motifs is 2. The summed E-state index contributed by atoms with van der Waals surface area (Å²) in [6.45, 7) is 0. The zero-order chi connectivity index (χ0) is 35.5. The van der Waals surface area contributed by atoms with Crippen LogP contribution >= 0.6 is 0 Å². The number of Topliss-reactive ketones (excluding diaryl/α,β-unsaturated/α-hetero) is 2. The number of rotatable bonds is 8. The van der Waals surface area contributed by atoms with Gasteiger partial charge in [-0.2, -0.15) is 10.2 Å².